The summed E-state index contributed by atoms with van der Waals surface area (Å²) in [4.78, 5) is 19.2. The van der Waals surface area contributed by atoms with E-state index < -0.39 is 0 Å². The first kappa shape index (κ1) is 20.3. The molecule has 0 bridgehead atoms. The number of piperidine rings is 1. The van der Waals surface area contributed by atoms with Gasteiger partial charge in [-0.3, -0.25) is 14.7 Å². The fraction of sp³-hybridized carbons (Fsp3) is 0.407. The lowest BCUT2D eigenvalue weighted by Gasteiger charge is -2.30. The van der Waals surface area contributed by atoms with Gasteiger partial charge in [-0.2, -0.15) is 0 Å². The maximum atomic E-state index is 12.2. The molecule has 1 saturated heterocycles. The van der Waals surface area contributed by atoms with E-state index in [1.54, 1.807) is 0 Å². The lowest BCUT2D eigenvalue weighted by molar-refractivity contribution is -0.118. The molecule has 0 spiro atoms. The number of rotatable bonds is 7. The van der Waals surface area contributed by atoms with Crippen LogP contribution in [0.1, 0.15) is 43.2 Å². The van der Waals surface area contributed by atoms with Gasteiger partial charge < -0.3 is 5.73 Å². The molecular weight excluding hydrogens is 382 g/mol. The van der Waals surface area contributed by atoms with E-state index in [0.717, 1.165) is 61.0 Å². The van der Waals surface area contributed by atoms with Gasteiger partial charge in [-0.15, -0.1) is 0 Å². The minimum atomic E-state index is 0.359. The minimum absolute atomic E-state index is 0.359. The number of nitrogens with two attached hydrogens (primary N) is 1. The first-order valence-electron chi connectivity index (χ1n) is 11.6. The molecule has 2 aromatic carbocycles. The Labute approximate surface area is 184 Å². The van der Waals surface area contributed by atoms with Crippen molar-refractivity contribution >= 4 is 16.6 Å². The number of carbonyl (C=O) groups excluding carboxylic acids is 1. The Morgan fingerprint density at radius 3 is 2.45 bits per heavy atom. The van der Waals surface area contributed by atoms with Crippen LogP contribution in [0.25, 0.3) is 21.9 Å². The van der Waals surface area contributed by atoms with Gasteiger partial charge in [-0.25, -0.2) is 0 Å². The second-order valence-corrected chi connectivity index (χ2v) is 9.42. The third-order valence-corrected chi connectivity index (χ3v) is 6.74. The second kappa shape index (κ2) is 8.89. The molecule has 1 aromatic heterocycles. The number of aromatic nitrogens is 1. The van der Waals surface area contributed by atoms with Gasteiger partial charge >= 0.3 is 0 Å². The third-order valence-electron chi connectivity index (χ3n) is 6.74. The van der Waals surface area contributed by atoms with Crippen molar-refractivity contribution in [1.82, 2.24) is 9.88 Å². The highest BCUT2D eigenvalue weighted by atomic mass is 16.1. The van der Waals surface area contributed by atoms with E-state index in [1.807, 2.05) is 12.4 Å². The Balaban J connectivity index is 1.35. The predicted octanol–water partition coefficient (Wildman–Crippen LogP) is 4.74. The number of ketones is 1. The van der Waals surface area contributed by atoms with E-state index in [2.05, 4.69) is 52.3 Å². The summed E-state index contributed by atoms with van der Waals surface area (Å²) in [6.45, 7) is 3.11. The topological polar surface area (TPSA) is 59.2 Å². The van der Waals surface area contributed by atoms with Crippen molar-refractivity contribution in [2.24, 2.45) is 11.7 Å². The van der Waals surface area contributed by atoms with Gasteiger partial charge in [-0.1, -0.05) is 36.4 Å². The number of pyridine rings is 1. The molecule has 1 aliphatic carbocycles. The Hall–Kier alpha value is -2.56. The molecular formula is C27H31N3O. The van der Waals surface area contributed by atoms with Crippen LogP contribution in [-0.4, -0.2) is 34.8 Å². The molecule has 2 aliphatic rings. The maximum Gasteiger partial charge on any atom is 0.137 e. The molecule has 0 atom stereocenters. The average molecular weight is 414 g/mol. The third kappa shape index (κ3) is 5.03. The van der Waals surface area contributed by atoms with Crippen LogP contribution in [0, 0.1) is 5.92 Å². The fourth-order valence-electron chi connectivity index (χ4n) is 4.65. The van der Waals surface area contributed by atoms with E-state index in [1.165, 1.54) is 23.8 Å². The van der Waals surface area contributed by atoms with Crippen molar-refractivity contribution < 1.29 is 4.79 Å². The number of Topliss-reactive ketones (excluding diaryl/α,β-unsaturated/α-hetero) is 1. The minimum Gasteiger partial charge on any atom is -0.328 e. The lowest BCUT2D eigenvalue weighted by atomic mass is 9.97. The highest BCUT2D eigenvalue weighted by Gasteiger charge is 2.24. The average Bonchev–Trinajstić information content (AvgIpc) is 3.59. The van der Waals surface area contributed by atoms with Crippen molar-refractivity contribution in [3.05, 3.63) is 66.0 Å². The first-order valence-corrected chi connectivity index (χ1v) is 11.6. The highest BCUT2D eigenvalue weighted by molar-refractivity contribution is 5.96. The summed E-state index contributed by atoms with van der Waals surface area (Å²) in [5.41, 5.74) is 10.8. The highest BCUT2D eigenvalue weighted by Crippen LogP contribution is 2.33. The zero-order valence-corrected chi connectivity index (χ0v) is 18.1. The van der Waals surface area contributed by atoms with Gasteiger partial charge in [0.1, 0.15) is 5.78 Å². The van der Waals surface area contributed by atoms with Crippen LogP contribution < -0.4 is 5.73 Å². The molecule has 0 radical (unpaired) electrons. The molecule has 0 amide bonds. The Morgan fingerprint density at radius 2 is 1.71 bits per heavy atom. The van der Waals surface area contributed by atoms with Crippen molar-refractivity contribution in [3.8, 4) is 11.1 Å². The van der Waals surface area contributed by atoms with E-state index in [9.17, 15) is 4.79 Å². The largest absolute Gasteiger partial charge is 0.328 e. The summed E-state index contributed by atoms with van der Waals surface area (Å²) >= 11 is 0. The van der Waals surface area contributed by atoms with E-state index in [4.69, 9.17) is 5.73 Å². The summed E-state index contributed by atoms with van der Waals surface area (Å²) in [7, 11) is 0. The van der Waals surface area contributed by atoms with Gasteiger partial charge in [0.2, 0.25) is 0 Å². The number of likely N-dealkylation sites (tertiary alicyclic amines) is 1. The van der Waals surface area contributed by atoms with Crippen LogP contribution >= 0.6 is 0 Å². The summed E-state index contributed by atoms with van der Waals surface area (Å²) in [6, 6.07) is 15.5. The molecule has 3 aromatic rings. The molecule has 2 fully saturated rings. The molecule has 4 heteroatoms. The predicted molar refractivity (Wildman–Crippen MR) is 126 cm³/mol. The number of nitrogens with zero attached hydrogens (tertiary/aromatic N) is 2. The molecule has 31 heavy (non-hydrogen) atoms. The summed E-state index contributed by atoms with van der Waals surface area (Å²) < 4.78 is 0. The van der Waals surface area contributed by atoms with Crippen LogP contribution in [0.3, 0.4) is 0 Å². The molecule has 4 nitrogen and oxygen atoms in total. The van der Waals surface area contributed by atoms with Crippen molar-refractivity contribution in [3.63, 3.8) is 0 Å². The molecule has 1 saturated carbocycles. The van der Waals surface area contributed by atoms with Gasteiger partial charge in [0.15, 0.2) is 0 Å². The number of benzene rings is 2. The van der Waals surface area contributed by atoms with Crippen molar-refractivity contribution in [2.45, 2.75) is 51.1 Å². The number of fused-ring (bicyclic) bond motifs is 1. The van der Waals surface area contributed by atoms with Crippen LogP contribution in [0.2, 0.25) is 0 Å². The van der Waals surface area contributed by atoms with Gasteiger partial charge in [-0.05, 0) is 72.8 Å². The van der Waals surface area contributed by atoms with Crippen LogP contribution in [0.4, 0.5) is 0 Å². The fourth-order valence-corrected chi connectivity index (χ4v) is 4.65. The molecule has 0 unspecified atom stereocenters. The Morgan fingerprint density at radius 1 is 0.968 bits per heavy atom. The number of hydrogen-bond donors (Lipinski definition) is 1. The standard InChI is InChI=1S/C27H31N3O/c28-24-9-11-30(12-10-24)18-21-5-8-23-16-29-17-27(26(23)15-21)22-6-3-20(4-7-22)14-25(31)13-19-1-2-19/h3-8,15-17,19,24H,1-2,9-14,18,28H2. The normalized spacial score (nSPS) is 17.8. The summed E-state index contributed by atoms with van der Waals surface area (Å²) in [6.07, 6.45) is 9.82. The van der Waals surface area contributed by atoms with E-state index in [0.29, 0.717) is 24.2 Å². The van der Waals surface area contributed by atoms with Crippen LogP contribution in [0.5, 0.6) is 0 Å². The quantitative estimate of drug-likeness (QED) is 0.608. The number of carbonyl (C=O) groups is 1. The summed E-state index contributed by atoms with van der Waals surface area (Å²) in [5, 5.41) is 2.39. The van der Waals surface area contributed by atoms with Crippen molar-refractivity contribution in [2.75, 3.05) is 13.1 Å². The van der Waals surface area contributed by atoms with Gasteiger partial charge in [0.25, 0.3) is 0 Å². The van der Waals surface area contributed by atoms with Crippen LogP contribution in [-0.2, 0) is 17.8 Å². The molecule has 5 rings (SSSR count). The molecule has 160 valence electrons. The van der Waals surface area contributed by atoms with Crippen LogP contribution in [0.15, 0.2) is 54.9 Å². The zero-order chi connectivity index (χ0) is 21.2. The molecule has 2 N–H and O–H groups in total. The molecule has 2 heterocycles. The Kier molecular flexibility index (Phi) is 5.84. The second-order valence-electron chi connectivity index (χ2n) is 9.42. The summed E-state index contributed by atoms with van der Waals surface area (Å²) in [5.74, 6) is 1.02. The first-order chi connectivity index (χ1) is 15.1. The smallest absolute Gasteiger partial charge is 0.137 e. The van der Waals surface area contributed by atoms with E-state index >= 15 is 0 Å². The SMILES string of the molecule is NC1CCN(Cc2ccc3cncc(-c4ccc(CC(=O)CC5CC5)cc4)c3c2)CC1. The van der Waals surface area contributed by atoms with Gasteiger partial charge in [0, 0.05) is 48.8 Å². The zero-order valence-electron chi connectivity index (χ0n) is 18.1. The Bertz CT molecular complexity index is 1060. The van der Waals surface area contributed by atoms with Crippen molar-refractivity contribution in [1.29, 1.82) is 0 Å². The lowest BCUT2D eigenvalue weighted by Crippen LogP contribution is -2.39. The number of hydrogen-bond acceptors (Lipinski definition) is 4. The maximum absolute atomic E-state index is 12.2. The molecule has 1 aliphatic heterocycles. The monoisotopic (exact) mass is 413 g/mol. The van der Waals surface area contributed by atoms with Gasteiger partial charge in [0.05, 0.1) is 0 Å². The van der Waals surface area contributed by atoms with E-state index in [-0.39, 0.29) is 0 Å².